The van der Waals surface area contributed by atoms with E-state index < -0.39 is 4.33 Å². The van der Waals surface area contributed by atoms with Crippen LogP contribution in [0.2, 0.25) is 0 Å². The van der Waals surface area contributed by atoms with Gasteiger partial charge in [-0.2, -0.15) is 0 Å². The average molecular weight is 285 g/mol. The number of alkyl halides is 2. The normalized spacial score (nSPS) is 25.8. The SMILES string of the molecule is ClC1(Cl)C2c3cccc4ccc5cccc(c5c34)C21. The van der Waals surface area contributed by atoms with Crippen LogP contribution in [0, 0.1) is 0 Å². The van der Waals surface area contributed by atoms with Crippen molar-refractivity contribution < 1.29 is 0 Å². The fraction of sp³-hybridized carbons (Fsp3) is 0.176. The summed E-state index contributed by atoms with van der Waals surface area (Å²) in [6.07, 6.45) is 0. The van der Waals surface area contributed by atoms with Gasteiger partial charge in [-0.15, -0.1) is 23.2 Å². The summed E-state index contributed by atoms with van der Waals surface area (Å²) in [4.78, 5) is 0. The second-order valence-electron chi connectivity index (χ2n) is 5.59. The van der Waals surface area contributed by atoms with Crippen LogP contribution < -0.4 is 0 Å². The Kier molecular flexibility index (Phi) is 1.71. The maximum absolute atomic E-state index is 6.54. The summed E-state index contributed by atoms with van der Waals surface area (Å²) in [5, 5.41) is 5.26. The van der Waals surface area contributed by atoms with Crippen LogP contribution in [0.15, 0.2) is 48.5 Å². The van der Waals surface area contributed by atoms with Gasteiger partial charge in [0.15, 0.2) is 0 Å². The third-order valence-electron chi connectivity index (χ3n) is 4.67. The minimum Gasteiger partial charge on any atom is -0.100 e. The molecular formula is C17H10Cl2. The van der Waals surface area contributed by atoms with Crippen LogP contribution in [0.25, 0.3) is 21.5 Å². The van der Waals surface area contributed by atoms with E-state index in [0.717, 1.165) is 0 Å². The first-order chi connectivity index (χ1) is 9.19. The maximum Gasteiger partial charge on any atom is 0.133 e. The molecule has 2 aliphatic carbocycles. The van der Waals surface area contributed by atoms with E-state index in [0.29, 0.717) is 0 Å². The highest BCUT2D eigenvalue weighted by Gasteiger charge is 2.66. The molecule has 0 bridgehead atoms. The molecule has 0 N–H and O–H groups in total. The Balaban J connectivity index is 2.10. The van der Waals surface area contributed by atoms with E-state index in [-0.39, 0.29) is 11.8 Å². The van der Waals surface area contributed by atoms with Crippen molar-refractivity contribution in [2.75, 3.05) is 0 Å². The van der Waals surface area contributed by atoms with Gasteiger partial charge in [-0.25, -0.2) is 0 Å². The summed E-state index contributed by atoms with van der Waals surface area (Å²) >= 11 is 13.1. The Morgan fingerprint density at radius 2 is 1.16 bits per heavy atom. The Morgan fingerprint density at radius 1 is 0.684 bits per heavy atom. The molecule has 0 spiro atoms. The minimum absolute atomic E-state index is 0.250. The quantitative estimate of drug-likeness (QED) is 0.385. The number of fused-ring (bicyclic) bond motifs is 3. The van der Waals surface area contributed by atoms with Crippen molar-refractivity contribution in [1.29, 1.82) is 0 Å². The highest BCUT2D eigenvalue weighted by molar-refractivity contribution is 6.53. The van der Waals surface area contributed by atoms with Gasteiger partial charge in [-0.1, -0.05) is 48.5 Å². The number of hydrogen-bond donors (Lipinski definition) is 0. The summed E-state index contributed by atoms with van der Waals surface area (Å²) in [6.45, 7) is 0. The number of halogens is 2. The molecule has 92 valence electrons. The zero-order valence-corrected chi connectivity index (χ0v) is 11.5. The van der Waals surface area contributed by atoms with E-state index in [1.807, 2.05) is 0 Å². The van der Waals surface area contributed by atoms with Crippen molar-refractivity contribution in [2.24, 2.45) is 0 Å². The maximum atomic E-state index is 6.54. The number of hydrogen-bond acceptors (Lipinski definition) is 0. The Bertz CT molecular complexity index is 793. The first-order valence-corrected chi connectivity index (χ1v) is 7.27. The van der Waals surface area contributed by atoms with E-state index in [4.69, 9.17) is 23.2 Å². The van der Waals surface area contributed by atoms with Crippen LogP contribution in [0.3, 0.4) is 0 Å². The third-order valence-corrected chi connectivity index (χ3v) is 5.61. The molecule has 0 radical (unpaired) electrons. The molecule has 0 heterocycles. The predicted octanol–water partition coefficient (Wildman–Crippen LogP) is 5.36. The standard InChI is InChI=1S/C17H10Cl2/c18-17(19)15-11-5-1-3-9-7-8-10-4-2-6-12(16(15)17)14(10)13(9)11/h1-8,15-16H. The third kappa shape index (κ3) is 1.09. The zero-order chi connectivity index (χ0) is 12.8. The highest BCUT2D eigenvalue weighted by atomic mass is 35.5. The summed E-state index contributed by atoms with van der Waals surface area (Å²) in [5.74, 6) is 0.500. The molecule has 0 amide bonds. The Hall–Kier alpha value is -1.24. The van der Waals surface area contributed by atoms with E-state index in [1.165, 1.54) is 32.7 Å². The van der Waals surface area contributed by atoms with Gasteiger partial charge in [0.2, 0.25) is 0 Å². The van der Waals surface area contributed by atoms with Crippen molar-refractivity contribution in [3.63, 3.8) is 0 Å². The Morgan fingerprint density at radius 3 is 1.63 bits per heavy atom. The molecule has 2 unspecified atom stereocenters. The van der Waals surface area contributed by atoms with Gasteiger partial charge in [-0.3, -0.25) is 0 Å². The van der Waals surface area contributed by atoms with Gasteiger partial charge in [0, 0.05) is 11.8 Å². The van der Waals surface area contributed by atoms with Gasteiger partial charge < -0.3 is 0 Å². The lowest BCUT2D eigenvalue weighted by Crippen LogP contribution is -1.96. The molecule has 5 rings (SSSR count). The minimum atomic E-state index is -0.637. The topological polar surface area (TPSA) is 0 Å². The second-order valence-corrected chi connectivity index (χ2v) is 7.03. The van der Waals surface area contributed by atoms with Gasteiger partial charge in [0.1, 0.15) is 4.33 Å². The first kappa shape index (κ1) is 10.5. The summed E-state index contributed by atoms with van der Waals surface area (Å²) in [5.41, 5.74) is 2.63. The number of benzene rings is 3. The molecule has 3 aromatic rings. The fourth-order valence-electron chi connectivity index (χ4n) is 3.83. The highest BCUT2D eigenvalue weighted by Crippen LogP contribution is 2.73. The molecule has 2 atom stereocenters. The van der Waals surface area contributed by atoms with Crippen molar-refractivity contribution >= 4 is 44.7 Å². The lowest BCUT2D eigenvalue weighted by molar-refractivity contribution is 1.04. The van der Waals surface area contributed by atoms with E-state index >= 15 is 0 Å². The van der Waals surface area contributed by atoms with E-state index in [2.05, 4.69) is 48.5 Å². The molecule has 0 aromatic heterocycles. The molecule has 0 aliphatic heterocycles. The average Bonchev–Trinajstić information content (AvgIpc) is 3.01. The van der Waals surface area contributed by atoms with Gasteiger partial charge in [-0.05, 0) is 32.7 Å². The van der Waals surface area contributed by atoms with Crippen molar-refractivity contribution in [2.45, 2.75) is 16.2 Å². The van der Waals surface area contributed by atoms with Crippen LogP contribution in [0.1, 0.15) is 23.0 Å². The van der Waals surface area contributed by atoms with Crippen molar-refractivity contribution in [1.82, 2.24) is 0 Å². The predicted molar refractivity (Wildman–Crippen MR) is 81.4 cm³/mol. The summed E-state index contributed by atoms with van der Waals surface area (Å²) in [7, 11) is 0. The zero-order valence-electron chi connectivity index (χ0n) is 10.0. The molecule has 3 aromatic carbocycles. The van der Waals surface area contributed by atoms with Crippen molar-refractivity contribution in [3.05, 3.63) is 59.7 Å². The van der Waals surface area contributed by atoms with E-state index in [9.17, 15) is 0 Å². The summed E-state index contributed by atoms with van der Waals surface area (Å²) < 4.78 is -0.637. The van der Waals surface area contributed by atoms with Crippen LogP contribution in [0.5, 0.6) is 0 Å². The van der Waals surface area contributed by atoms with Crippen LogP contribution in [-0.2, 0) is 0 Å². The lowest BCUT2D eigenvalue weighted by Gasteiger charge is -2.17. The smallest absolute Gasteiger partial charge is 0.100 e. The van der Waals surface area contributed by atoms with E-state index in [1.54, 1.807) is 0 Å². The first-order valence-electron chi connectivity index (χ1n) is 6.51. The second kappa shape index (κ2) is 3.08. The molecule has 1 saturated carbocycles. The van der Waals surface area contributed by atoms with Gasteiger partial charge in [0.25, 0.3) is 0 Å². The molecule has 2 heteroatoms. The lowest BCUT2D eigenvalue weighted by atomic mass is 9.86. The molecular weight excluding hydrogens is 275 g/mol. The molecule has 0 saturated heterocycles. The number of rotatable bonds is 0. The van der Waals surface area contributed by atoms with Crippen LogP contribution in [-0.4, -0.2) is 4.33 Å². The van der Waals surface area contributed by atoms with Gasteiger partial charge >= 0.3 is 0 Å². The summed E-state index contributed by atoms with van der Waals surface area (Å²) in [6, 6.07) is 17.3. The van der Waals surface area contributed by atoms with Crippen LogP contribution >= 0.6 is 23.2 Å². The molecule has 2 aliphatic rings. The largest absolute Gasteiger partial charge is 0.133 e. The van der Waals surface area contributed by atoms with Crippen LogP contribution in [0.4, 0.5) is 0 Å². The molecule has 19 heavy (non-hydrogen) atoms. The van der Waals surface area contributed by atoms with Crippen molar-refractivity contribution in [3.8, 4) is 0 Å². The monoisotopic (exact) mass is 284 g/mol. The van der Waals surface area contributed by atoms with Gasteiger partial charge in [0.05, 0.1) is 0 Å². The molecule has 0 nitrogen and oxygen atoms in total. The molecule has 1 fully saturated rings. The fourth-order valence-corrected chi connectivity index (χ4v) is 4.68. The Labute approximate surface area is 120 Å².